The molecule has 0 spiro atoms. The van der Waals surface area contributed by atoms with Gasteiger partial charge in [0.25, 0.3) is 0 Å². The van der Waals surface area contributed by atoms with Crippen molar-refractivity contribution in [3.8, 4) is 5.75 Å². The van der Waals surface area contributed by atoms with Crippen LogP contribution in [0.4, 0.5) is 0 Å². The second kappa shape index (κ2) is 8.55. The number of hydrogen-bond acceptors (Lipinski definition) is 4. The van der Waals surface area contributed by atoms with Crippen molar-refractivity contribution in [2.75, 3.05) is 20.2 Å². The Morgan fingerprint density at radius 1 is 1.10 bits per heavy atom. The summed E-state index contributed by atoms with van der Waals surface area (Å²) in [6, 6.07) is 14.3. The number of amides is 1. The zero-order valence-corrected chi connectivity index (χ0v) is 18.0. The van der Waals surface area contributed by atoms with Crippen molar-refractivity contribution < 1.29 is 17.9 Å². The second-order valence-electron chi connectivity index (χ2n) is 7.75. The van der Waals surface area contributed by atoms with Gasteiger partial charge in [0.15, 0.2) is 0 Å². The van der Waals surface area contributed by atoms with Crippen LogP contribution in [-0.4, -0.2) is 38.8 Å². The van der Waals surface area contributed by atoms with E-state index in [4.69, 9.17) is 4.74 Å². The van der Waals surface area contributed by atoms with Crippen molar-refractivity contribution in [1.82, 2.24) is 9.62 Å². The molecule has 156 valence electrons. The van der Waals surface area contributed by atoms with E-state index in [9.17, 15) is 13.2 Å². The van der Waals surface area contributed by atoms with Crippen LogP contribution in [-0.2, 0) is 21.4 Å². The molecule has 0 unspecified atom stereocenters. The van der Waals surface area contributed by atoms with Crippen LogP contribution in [0.1, 0.15) is 30.9 Å². The molecule has 0 atom stereocenters. The highest BCUT2D eigenvalue weighted by Crippen LogP contribution is 2.34. The molecular weight excluding hydrogens is 388 g/mol. The van der Waals surface area contributed by atoms with Crippen molar-refractivity contribution in [2.24, 2.45) is 5.41 Å². The highest BCUT2D eigenvalue weighted by molar-refractivity contribution is 7.89. The number of nitrogens with one attached hydrogen (secondary N) is 1. The molecule has 0 saturated carbocycles. The van der Waals surface area contributed by atoms with Crippen molar-refractivity contribution in [1.29, 1.82) is 0 Å². The molecule has 29 heavy (non-hydrogen) atoms. The molecule has 1 heterocycles. The van der Waals surface area contributed by atoms with Crippen LogP contribution in [0.5, 0.6) is 5.75 Å². The van der Waals surface area contributed by atoms with Crippen molar-refractivity contribution in [3.05, 3.63) is 59.7 Å². The fourth-order valence-electron chi connectivity index (χ4n) is 3.54. The summed E-state index contributed by atoms with van der Waals surface area (Å²) in [6.45, 7) is 5.06. The maximum Gasteiger partial charge on any atom is 0.243 e. The van der Waals surface area contributed by atoms with Crippen LogP contribution in [0.3, 0.4) is 0 Å². The molecule has 0 radical (unpaired) electrons. The Morgan fingerprint density at radius 3 is 2.31 bits per heavy atom. The van der Waals surface area contributed by atoms with E-state index in [0.717, 1.165) is 11.1 Å². The lowest BCUT2D eigenvalue weighted by Gasteiger charge is -2.37. The number of sulfonamides is 1. The Kier molecular flexibility index (Phi) is 6.29. The van der Waals surface area contributed by atoms with Crippen molar-refractivity contribution in [3.63, 3.8) is 0 Å². The summed E-state index contributed by atoms with van der Waals surface area (Å²) < 4.78 is 32.4. The summed E-state index contributed by atoms with van der Waals surface area (Å²) in [5, 5.41) is 3.03. The van der Waals surface area contributed by atoms with E-state index >= 15 is 0 Å². The van der Waals surface area contributed by atoms with E-state index in [1.54, 1.807) is 31.4 Å². The zero-order valence-electron chi connectivity index (χ0n) is 17.1. The van der Waals surface area contributed by atoms with Crippen LogP contribution < -0.4 is 10.1 Å². The zero-order chi connectivity index (χ0) is 21.1. The number of benzene rings is 2. The maximum absolute atomic E-state index is 12.9. The molecule has 0 aliphatic carbocycles. The summed E-state index contributed by atoms with van der Waals surface area (Å²) in [5.74, 6) is 0.586. The average Bonchev–Trinajstić information content (AvgIpc) is 2.73. The lowest BCUT2D eigenvalue weighted by molar-refractivity contribution is -0.132. The van der Waals surface area contributed by atoms with Crippen LogP contribution in [0.2, 0.25) is 0 Å². The third kappa shape index (κ3) is 4.62. The fourth-order valence-corrected chi connectivity index (χ4v) is 4.98. The molecular formula is C22H28N2O4S. The standard InChI is InChI=1S/C22H28N2O4S/c1-17-6-4-5-7-18(17)16-23-21(25)22(2)12-14-24(15-13-22)29(26,27)20-10-8-19(28-3)9-11-20/h4-11H,12-16H2,1-3H3,(H,23,25). The normalized spacial score (nSPS) is 16.9. The number of hydrogen-bond donors (Lipinski definition) is 1. The van der Waals surface area contributed by atoms with Gasteiger partial charge in [-0.1, -0.05) is 31.2 Å². The molecule has 2 aromatic carbocycles. The number of rotatable bonds is 6. The lowest BCUT2D eigenvalue weighted by Crippen LogP contribution is -2.48. The Morgan fingerprint density at radius 2 is 1.72 bits per heavy atom. The van der Waals surface area contributed by atoms with Gasteiger partial charge in [0.2, 0.25) is 15.9 Å². The number of methoxy groups -OCH3 is 1. The second-order valence-corrected chi connectivity index (χ2v) is 9.69. The van der Waals surface area contributed by atoms with Crippen LogP contribution in [0.15, 0.2) is 53.4 Å². The van der Waals surface area contributed by atoms with Crippen molar-refractivity contribution in [2.45, 2.75) is 38.1 Å². The minimum Gasteiger partial charge on any atom is -0.497 e. The monoisotopic (exact) mass is 416 g/mol. The number of piperidine rings is 1. The van der Waals surface area contributed by atoms with Gasteiger partial charge in [-0.3, -0.25) is 4.79 Å². The molecule has 0 bridgehead atoms. The van der Waals surface area contributed by atoms with E-state index in [2.05, 4.69) is 5.32 Å². The third-order valence-corrected chi connectivity index (χ3v) is 7.68. The van der Waals surface area contributed by atoms with Gasteiger partial charge in [0, 0.05) is 25.0 Å². The van der Waals surface area contributed by atoms with Gasteiger partial charge >= 0.3 is 0 Å². The first-order valence-electron chi connectivity index (χ1n) is 9.73. The summed E-state index contributed by atoms with van der Waals surface area (Å²) >= 11 is 0. The minimum absolute atomic E-state index is 0.0257. The summed E-state index contributed by atoms with van der Waals surface area (Å²) in [6.07, 6.45) is 0.976. The molecule has 1 N–H and O–H groups in total. The first kappa shape index (κ1) is 21.3. The van der Waals surface area contributed by atoms with Crippen molar-refractivity contribution >= 4 is 15.9 Å². The first-order valence-corrected chi connectivity index (χ1v) is 11.2. The summed E-state index contributed by atoms with van der Waals surface area (Å²) in [5.41, 5.74) is 1.65. The molecule has 7 heteroatoms. The molecule has 2 aromatic rings. The van der Waals surface area contributed by atoms with E-state index in [0.29, 0.717) is 38.2 Å². The lowest BCUT2D eigenvalue weighted by atomic mass is 9.80. The van der Waals surface area contributed by atoms with Gasteiger partial charge in [0.05, 0.1) is 12.0 Å². The number of aryl methyl sites for hydroxylation is 1. The van der Waals surface area contributed by atoms with E-state index in [1.165, 1.54) is 4.31 Å². The smallest absolute Gasteiger partial charge is 0.243 e. The Balaban J connectivity index is 1.62. The van der Waals surface area contributed by atoms with E-state index in [1.807, 2.05) is 38.1 Å². The number of carbonyl (C=O) groups excluding carboxylic acids is 1. The Labute approximate surface area is 172 Å². The van der Waals surface area contributed by atoms with Gasteiger partial charge in [-0.25, -0.2) is 8.42 Å². The van der Waals surface area contributed by atoms with Gasteiger partial charge in [-0.15, -0.1) is 0 Å². The molecule has 0 aromatic heterocycles. The Bertz CT molecular complexity index is 963. The highest BCUT2D eigenvalue weighted by Gasteiger charge is 2.40. The number of ether oxygens (including phenoxy) is 1. The SMILES string of the molecule is COc1ccc(S(=O)(=O)N2CCC(C)(C(=O)NCc3ccccc3C)CC2)cc1. The topological polar surface area (TPSA) is 75.7 Å². The molecule has 1 amide bonds. The minimum atomic E-state index is -3.58. The molecule has 3 rings (SSSR count). The largest absolute Gasteiger partial charge is 0.497 e. The molecule has 6 nitrogen and oxygen atoms in total. The highest BCUT2D eigenvalue weighted by atomic mass is 32.2. The van der Waals surface area contributed by atoms with Gasteiger partial charge in [0.1, 0.15) is 5.75 Å². The van der Waals surface area contributed by atoms with E-state index < -0.39 is 15.4 Å². The molecule has 1 aliphatic rings. The predicted octanol–water partition coefficient (Wildman–Crippen LogP) is 3.11. The maximum atomic E-state index is 12.9. The fraction of sp³-hybridized carbons (Fsp3) is 0.409. The van der Waals surface area contributed by atoms with Gasteiger partial charge in [-0.05, 0) is 55.2 Å². The first-order chi connectivity index (χ1) is 13.8. The van der Waals surface area contributed by atoms with Gasteiger partial charge < -0.3 is 10.1 Å². The number of nitrogens with zero attached hydrogens (tertiary/aromatic N) is 1. The van der Waals surface area contributed by atoms with Gasteiger partial charge in [-0.2, -0.15) is 4.31 Å². The van der Waals surface area contributed by atoms with Crippen LogP contribution in [0.25, 0.3) is 0 Å². The third-order valence-electron chi connectivity index (χ3n) is 5.77. The summed E-state index contributed by atoms with van der Waals surface area (Å²) in [7, 11) is -2.04. The quantitative estimate of drug-likeness (QED) is 0.785. The molecule has 1 fully saturated rings. The molecule has 1 saturated heterocycles. The molecule has 1 aliphatic heterocycles. The van der Waals surface area contributed by atoms with E-state index in [-0.39, 0.29) is 10.8 Å². The predicted molar refractivity (Wildman–Crippen MR) is 112 cm³/mol. The van der Waals surface area contributed by atoms with Crippen LogP contribution >= 0.6 is 0 Å². The average molecular weight is 417 g/mol. The Hall–Kier alpha value is -2.38. The number of carbonyl (C=O) groups is 1. The van der Waals surface area contributed by atoms with Crippen LogP contribution in [0, 0.1) is 12.3 Å². The summed E-state index contributed by atoms with van der Waals surface area (Å²) in [4.78, 5) is 13.0.